The molecule has 1 amide bonds. The maximum absolute atomic E-state index is 12.0. The van der Waals surface area contributed by atoms with E-state index >= 15 is 0 Å². The second-order valence-corrected chi connectivity index (χ2v) is 7.22. The van der Waals surface area contributed by atoms with E-state index in [-0.39, 0.29) is 25.2 Å². The van der Waals surface area contributed by atoms with Gasteiger partial charge in [-0.05, 0) is 52.7 Å². The number of carboxylic acid groups (broad SMARTS) is 1. The monoisotopic (exact) mass is 351 g/mol. The molecule has 1 unspecified atom stereocenters. The molecule has 1 rings (SSSR count). The molecule has 6 heteroatoms. The molecule has 2 N–H and O–H groups in total. The number of aryl methyl sites for hydroxylation is 3. The van der Waals surface area contributed by atoms with Gasteiger partial charge in [-0.2, -0.15) is 0 Å². The Morgan fingerprint density at radius 3 is 2.20 bits per heavy atom. The molecule has 25 heavy (non-hydrogen) atoms. The quantitative estimate of drug-likeness (QED) is 0.752. The number of hydrogen-bond donors (Lipinski definition) is 2. The number of benzene rings is 1. The maximum atomic E-state index is 12.0. The smallest absolute Gasteiger partial charge is 0.326 e. The Hall–Kier alpha value is -2.08. The number of rotatable bonds is 8. The van der Waals surface area contributed by atoms with E-state index in [2.05, 4.69) is 5.32 Å². The zero-order valence-corrected chi connectivity index (χ0v) is 15.9. The van der Waals surface area contributed by atoms with Crippen LogP contribution in [0.25, 0.3) is 0 Å². The highest BCUT2D eigenvalue weighted by Crippen LogP contribution is 2.24. The highest BCUT2D eigenvalue weighted by atomic mass is 16.5. The van der Waals surface area contributed by atoms with E-state index in [4.69, 9.17) is 9.47 Å². The predicted molar refractivity (Wildman–Crippen MR) is 96.0 cm³/mol. The number of aliphatic carboxylic acids is 1. The maximum Gasteiger partial charge on any atom is 0.326 e. The molecule has 0 aromatic heterocycles. The van der Waals surface area contributed by atoms with E-state index in [1.54, 1.807) is 0 Å². The van der Waals surface area contributed by atoms with Gasteiger partial charge in [0.05, 0.1) is 5.60 Å². The van der Waals surface area contributed by atoms with Crippen molar-refractivity contribution < 1.29 is 24.2 Å². The van der Waals surface area contributed by atoms with Crippen molar-refractivity contribution >= 4 is 11.9 Å². The molecular formula is C19H29NO5. The minimum atomic E-state index is -1.09. The highest BCUT2D eigenvalue weighted by molar-refractivity contribution is 5.84. The van der Waals surface area contributed by atoms with Crippen molar-refractivity contribution in [3.63, 3.8) is 0 Å². The van der Waals surface area contributed by atoms with Crippen LogP contribution in [0.4, 0.5) is 0 Å². The fraction of sp³-hybridized carbons (Fsp3) is 0.579. The number of amides is 1. The zero-order valence-electron chi connectivity index (χ0n) is 15.9. The van der Waals surface area contributed by atoms with Crippen LogP contribution in [0.2, 0.25) is 0 Å². The highest BCUT2D eigenvalue weighted by Gasteiger charge is 2.21. The summed E-state index contributed by atoms with van der Waals surface area (Å²) in [5.41, 5.74) is 2.66. The number of carboxylic acids is 1. The van der Waals surface area contributed by atoms with Crippen LogP contribution in [0, 0.1) is 20.8 Å². The first-order valence-electron chi connectivity index (χ1n) is 8.36. The molecule has 1 aromatic carbocycles. The third-order valence-electron chi connectivity index (χ3n) is 3.53. The van der Waals surface area contributed by atoms with Gasteiger partial charge < -0.3 is 19.9 Å². The molecule has 6 nitrogen and oxygen atoms in total. The van der Waals surface area contributed by atoms with Gasteiger partial charge in [-0.15, -0.1) is 0 Å². The lowest BCUT2D eigenvalue weighted by atomic mass is 10.1. The van der Waals surface area contributed by atoms with Crippen molar-refractivity contribution in [1.29, 1.82) is 0 Å². The molecule has 1 atom stereocenters. The van der Waals surface area contributed by atoms with E-state index in [1.165, 1.54) is 0 Å². The first-order valence-corrected chi connectivity index (χ1v) is 8.36. The summed E-state index contributed by atoms with van der Waals surface area (Å²) in [6.07, 6.45) is 0.195. The third kappa shape index (κ3) is 7.56. The van der Waals surface area contributed by atoms with Crippen LogP contribution in [0.5, 0.6) is 5.75 Å². The van der Waals surface area contributed by atoms with Crippen LogP contribution in [-0.4, -0.2) is 41.8 Å². The molecule has 0 fully saturated rings. The lowest BCUT2D eigenvalue weighted by molar-refractivity contribution is -0.143. The molecule has 0 saturated carbocycles. The molecule has 0 saturated heterocycles. The summed E-state index contributed by atoms with van der Waals surface area (Å²) in [5.74, 6) is -0.903. The number of hydrogen-bond acceptors (Lipinski definition) is 4. The largest absolute Gasteiger partial charge is 0.483 e. The zero-order chi connectivity index (χ0) is 19.2. The summed E-state index contributed by atoms with van der Waals surface area (Å²) in [6.45, 7) is 11.5. The topological polar surface area (TPSA) is 84.9 Å². The van der Waals surface area contributed by atoms with Gasteiger partial charge in [-0.1, -0.05) is 17.7 Å². The van der Waals surface area contributed by atoms with E-state index in [1.807, 2.05) is 53.7 Å². The van der Waals surface area contributed by atoms with Crippen LogP contribution in [0.3, 0.4) is 0 Å². The van der Waals surface area contributed by atoms with Gasteiger partial charge in [-0.3, -0.25) is 4.79 Å². The average Bonchev–Trinajstić information content (AvgIpc) is 2.43. The molecule has 0 heterocycles. The standard InChI is InChI=1S/C19H29NO5/c1-12-9-13(2)17(14(3)10-12)24-11-16(21)20-15(18(22)23)7-8-25-19(4,5)6/h9-10,15H,7-8,11H2,1-6H3,(H,20,21)(H,22,23). The fourth-order valence-electron chi connectivity index (χ4n) is 2.51. The summed E-state index contributed by atoms with van der Waals surface area (Å²) in [5, 5.41) is 11.7. The van der Waals surface area contributed by atoms with E-state index < -0.39 is 17.9 Å². The van der Waals surface area contributed by atoms with Gasteiger partial charge in [0.25, 0.3) is 5.91 Å². The van der Waals surface area contributed by atoms with Crippen LogP contribution in [0.1, 0.15) is 43.9 Å². The van der Waals surface area contributed by atoms with Crippen LogP contribution >= 0.6 is 0 Å². The molecule has 0 bridgehead atoms. The van der Waals surface area contributed by atoms with E-state index in [9.17, 15) is 14.7 Å². The van der Waals surface area contributed by atoms with E-state index in [0.717, 1.165) is 16.7 Å². The molecule has 0 radical (unpaired) electrons. The van der Waals surface area contributed by atoms with Gasteiger partial charge in [0.15, 0.2) is 6.61 Å². The lowest BCUT2D eigenvalue weighted by Gasteiger charge is -2.21. The first kappa shape index (κ1) is 21.0. The van der Waals surface area contributed by atoms with Crippen molar-refractivity contribution in [2.75, 3.05) is 13.2 Å². The second kappa shape index (κ2) is 8.85. The Morgan fingerprint density at radius 2 is 1.72 bits per heavy atom. The summed E-state index contributed by atoms with van der Waals surface area (Å²) < 4.78 is 11.1. The molecule has 140 valence electrons. The minimum Gasteiger partial charge on any atom is -0.483 e. The van der Waals surface area contributed by atoms with Gasteiger partial charge in [-0.25, -0.2) is 4.79 Å². The van der Waals surface area contributed by atoms with Crippen molar-refractivity contribution in [3.05, 3.63) is 28.8 Å². The minimum absolute atomic E-state index is 0.195. The van der Waals surface area contributed by atoms with Gasteiger partial charge in [0.1, 0.15) is 11.8 Å². The molecule has 0 aliphatic heterocycles. The molecule has 0 aliphatic carbocycles. The summed E-state index contributed by atoms with van der Waals surface area (Å²) in [4.78, 5) is 23.3. The van der Waals surface area contributed by atoms with E-state index in [0.29, 0.717) is 5.75 Å². The Bertz CT molecular complexity index is 596. The Morgan fingerprint density at radius 1 is 1.16 bits per heavy atom. The lowest BCUT2D eigenvalue weighted by Crippen LogP contribution is -2.44. The SMILES string of the molecule is Cc1cc(C)c(OCC(=O)NC(CCOC(C)(C)C)C(=O)O)c(C)c1. The van der Waals surface area contributed by atoms with Gasteiger partial charge >= 0.3 is 5.97 Å². The summed E-state index contributed by atoms with van der Waals surface area (Å²) in [6, 6.07) is 2.95. The van der Waals surface area contributed by atoms with Gasteiger partial charge in [0.2, 0.25) is 0 Å². The fourth-order valence-corrected chi connectivity index (χ4v) is 2.51. The van der Waals surface area contributed by atoms with Crippen LogP contribution < -0.4 is 10.1 Å². The average molecular weight is 351 g/mol. The molecule has 1 aromatic rings. The van der Waals surface area contributed by atoms with Crippen molar-refractivity contribution in [2.45, 2.75) is 59.6 Å². The molecule has 0 aliphatic rings. The predicted octanol–water partition coefficient (Wildman–Crippen LogP) is 2.77. The number of carbonyl (C=O) groups excluding carboxylic acids is 1. The summed E-state index contributed by atoms with van der Waals surface area (Å²) in [7, 11) is 0. The second-order valence-electron chi connectivity index (χ2n) is 7.22. The van der Waals surface area contributed by atoms with Crippen molar-refractivity contribution in [1.82, 2.24) is 5.32 Å². The summed E-state index contributed by atoms with van der Waals surface area (Å²) >= 11 is 0. The molecule has 0 spiro atoms. The van der Waals surface area contributed by atoms with Gasteiger partial charge in [0, 0.05) is 13.0 Å². The Kier molecular flexibility index (Phi) is 7.42. The Labute approximate surface area is 149 Å². The van der Waals surface area contributed by atoms with Crippen LogP contribution in [-0.2, 0) is 14.3 Å². The van der Waals surface area contributed by atoms with Crippen molar-refractivity contribution in [2.24, 2.45) is 0 Å². The Balaban J connectivity index is 2.57. The number of carbonyl (C=O) groups is 2. The number of ether oxygens (including phenoxy) is 2. The number of nitrogens with one attached hydrogen (secondary N) is 1. The first-order chi connectivity index (χ1) is 11.5. The van der Waals surface area contributed by atoms with Crippen molar-refractivity contribution in [3.8, 4) is 5.75 Å². The third-order valence-corrected chi connectivity index (χ3v) is 3.53. The normalized spacial score (nSPS) is 12.6. The van der Waals surface area contributed by atoms with Crippen LogP contribution in [0.15, 0.2) is 12.1 Å². The molecular weight excluding hydrogens is 322 g/mol.